The second-order valence-corrected chi connectivity index (χ2v) is 21.4. The van der Waals surface area contributed by atoms with Crippen LogP contribution in [-0.4, -0.2) is 43.6 Å². The van der Waals surface area contributed by atoms with E-state index in [1.54, 1.807) is 11.0 Å². The molecule has 1 aliphatic carbocycles. The van der Waals surface area contributed by atoms with E-state index in [9.17, 15) is 14.4 Å². The molecule has 0 bridgehead atoms. The van der Waals surface area contributed by atoms with Crippen LogP contribution in [0.4, 0.5) is 4.79 Å². The first-order valence-corrected chi connectivity index (χ1v) is 21.0. The maximum Gasteiger partial charge on any atom is 0.396 e. The lowest BCUT2D eigenvalue weighted by Gasteiger charge is -2.42. The third kappa shape index (κ3) is 9.52. The van der Waals surface area contributed by atoms with Crippen molar-refractivity contribution in [1.29, 1.82) is 0 Å². The summed E-state index contributed by atoms with van der Waals surface area (Å²) in [5.74, 6) is 0.212. The molecule has 1 amide bonds. The van der Waals surface area contributed by atoms with Gasteiger partial charge >= 0.3 is 18.0 Å². The van der Waals surface area contributed by atoms with Gasteiger partial charge in [0.1, 0.15) is 0 Å². The zero-order valence-corrected chi connectivity index (χ0v) is 33.7. The Morgan fingerprint density at radius 2 is 1.55 bits per heavy atom. The van der Waals surface area contributed by atoms with Gasteiger partial charge in [-0.25, -0.2) is 9.59 Å². The van der Waals surface area contributed by atoms with Crippen LogP contribution in [0.1, 0.15) is 117 Å². The van der Waals surface area contributed by atoms with Crippen LogP contribution in [0, 0.1) is 24.7 Å². The molecular weight excluding hydrogens is 659 g/mol. The Hall–Kier alpha value is -3.43. The van der Waals surface area contributed by atoms with Crippen molar-refractivity contribution in [2.45, 2.75) is 144 Å². The Morgan fingerprint density at radius 3 is 2.14 bits per heavy atom. The Bertz CT molecular complexity index is 1510. The zero-order chi connectivity index (χ0) is 37.6. The number of carbonyl (C=O) groups is 3. The van der Waals surface area contributed by atoms with Crippen molar-refractivity contribution in [3.8, 4) is 0 Å². The third-order valence-electron chi connectivity index (χ3n) is 11.1. The molecule has 1 saturated carbocycles. The average Bonchev–Trinajstić information content (AvgIpc) is 3.41. The van der Waals surface area contributed by atoms with E-state index in [1.165, 1.54) is 6.92 Å². The summed E-state index contributed by atoms with van der Waals surface area (Å²) in [6.07, 6.45) is 2.47. The summed E-state index contributed by atoms with van der Waals surface area (Å²) in [7, 11) is -2.58. The molecule has 2 aromatic carbocycles. The fourth-order valence-corrected chi connectivity index (χ4v) is 13.7. The molecule has 0 saturated heterocycles. The monoisotopic (exact) mass is 719 g/mol. The highest BCUT2D eigenvalue weighted by Crippen LogP contribution is 2.43. The molecular formula is C42H61NO7Si. The van der Waals surface area contributed by atoms with Crippen LogP contribution in [0.15, 0.2) is 60.2 Å². The van der Waals surface area contributed by atoms with Crippen LogP contribution in [0.3, 0.4) is 0 Å². The summed E-state index contributed by atoms with van der Waals surface area (Å²) >= 11 is 0. The zero-order valence-electron chi connectivity index (χ0n) is 32.7. The first kappa shape index (κ1) is 40.3. The number of amides is 1. The molecule has 1 fully saturated rings. The van der Waals surface area contributed by atoms with Gasteiger partial charge in [0.2, 0.25) is 6.29 Å². The molecule has 0 spiro atoms. The summed E-state index contributed by atoms with van der Waals surface area (Å²) in [4.78, 5) is 42.4. The van der Waals surface area contributed by atoms with E-state index in [4.69, 9.17) is 18.6 Å². The summed E-state index contributed by atoms with van der Waals surface area (Å²) < 4.78 is 24.9. The van der Waals surface area contributed by atoms with Crippen molar-refractivity contribution in [2.24, 2.45) is 17.8 Å². The molecule has 0 unspecified atom stereocenters. The Morgan fingerprint density at radius 1 is 0.902 bits per heavy atom. The molecule has 51 heavy (non-hydrogen) atoms. The first-order chi connectivity index (χ1) is 24.0. The lowest BCUT2D eigenvalue weighted by Crippen LogP contribution is -2.51. The van der Waals surface area contributed by atoms with E-state index in [0.717, 1.165) is 36.0 Å². The van der Waals surface area contributed by atoms with E-state index >= 15 is 0 Å². The van der Waals surface area contributed by atoms with Gasteiger partial charge in [-0.1, -0.05) is 117 Å². The highest BCUT2D eigenvalue weighted by molar-refractivity contribution is 6.78. The minimum absolute atomic E-state index is 0.0420. The lowest BCUT2D eigenvalue weighted by atomic mass is 9.75. The minimum Gasteiger partial charge on any atom is -0.503 e. The van der Waals surface area contributed by atoms with Gasteiger partial charge in [-0.15, -0.1) is 0 Å². The van der Waals surface area contributed by atoms with Gasteiger partial charge in [-0.3, -0.25) is 4.79 Å². The molecule has 1 heterocycles. The largest absolute Gasteiger partial charge is 0.503 e. The van der Waals surface area contributed by atoms with Gasteiger partial charge in [0.25, 0.3) is 8.32 Å². The molecule has 5 atom stereocenters. The molecule has 4 rings (SSSR count). The number of cyclic esters (lactones) is 1. The normalized spacial score (nSPS) is 21.5. The number of nitrogens with zero attached hydrogens (tertiary/aromatic N) is 1. The van der Waals surface area contributed by atoms with E-state index in [1.807, 2.05) is 55.5 Å². The Balaban J connectivity index is 1.73. The molecule has 2 aromatic rings. The van der Waals surface area contributed by atoms with E-state index in [0.29, 0.717) is 29.9 Å². The minimum atomic E-state index is -2.58. The number of esters is 2. The molecule has 0 N–H and O–H groups in total. The highest BCUT2D eigenvalue weighted by Gasteiger charge is 2.49. The maximum absolute atomic E-state index is 14.4. The van der Waals surface area contributed by atoms with Crippen molar-refractivity contribution in [1.82, 2.24) is 4.90 Å². The lowest BCUT2D eigenvalue weighted by molar-refractivity contribution is -0.179. The molecule has 2 aliphatic rings. The molecule has 0 aromatic heterocycles. The van der Waals surface area contributed by atoms with Gasteiger partial charge < -0.3 is 23.5 Å². The summed E-state index contributed by atoms with van der Waals surface area (Å²) in [5.41, 5.74) is 4.11. The summed E-state index contributed by atoms with van der Waals surface area (Å²) in [5, 5.41) is 0. The molecule has 8 nitrogen and oxygen atoms in total. The number of rotatable bonds is 14. The Kier molecular flexibility index (Phi) is 13.8. The van der Waals surface area contributed by atoms with Crippen LogP contribution < -0.4 is 0 Å². The number of ether oxygens (including phenoxy) is 3. The number of aryl methyl sites for hydroxylation is 1. The van der Waals surface area contributed by atoms with E-state index in [2.05, 4.69) is 62.3 Å². The van der Waals surface area contributed by atoms with Crippen molar-refractivity contribution < 1.29 is 33.0 Å². The fourth-order valence-electron chi connectivity index (χ4n) is 8.52. The smallest absolute Gasteiger partial charge is 0.396 e. The van der Waals surface area contributed by atoms with Gasteiger partial charge in [0.05, 0.1) is 11.7 Å². The average molecular weight is 720 g/mol. The van der Waals surface area contributed by atoms with Crippen molar-refractivity contribution in [3.63, 3.8) is 0 Å². The van der Waals surface area contributed by atoms with Gasteiger partial charge in [0.15, 0.2) is 6.10 Å². The third-order valence-corrected chi connectivity index (χ3v) is 17.1. The predicted molar refractivity (Wildman–Crippen MR) is 203 cm³/mol. The van der Waals surface area contributed by atoms with Gasteiger partial charge in [-0.05, 0) is 76.9 Å². The van der Waals surface area contributed by atoms with Crippen molar-refractivity contribution >= 4 is 26.3 Å². The van der Waals surface area contributed by atoms with E-state index < -0.39 is 32.6 Å². The summed E-state index contributed by atoms with van der Waals surface area (Å²) in [6, 6.07) is 15.6. The van der Waals surface area contributed by atoms with E-state index in [-0.39, 0.29) is 40.9 Å². The maximum atomic E-state index is 14.4. The number of benzene rings is 2. The van der Waals surface area contributed by atoms with Gasteiger partial charge in [-0.2, -0.15) is 0 Å². The first-order valence-electron chi connectivity index (χ1n) is 18.9. The van der Waals surface area contributed by atoms with Crippen LogP contribution >= 0.6 is 0 Å². The second kappa shape index (κ2) is 17.4. The topological polar surface area (TPSA) is 91.4 Å². The van der Waals surface area contributed by atoms with Crippen LogP contribution in [0.25, 0.3) is 0 Å². The highest BCUT2D eigenvalue weighted by atomic mass is 28.4. The van der Waals surface area contributed by atoms with Crippen molar-refractivity contribution in [3.05, 3.63) is 82.4 Å². The molecule has 280 valence electrons. The predicted octanol–water partition coefficient (Wildman–Crippen LogP) is 10.2. The van der Waals surface area contributed by atoms with Crippen LogP contribution in [0.5, 0.6) is 0 Å². The van der Waals surface area contributed by atoms with Crippen LogP contribution in [0.2, 0.25) is 16.6 Å². The molecule has 0 radical (unpaired) electrons. The second-order valence-electron chi connectivity index (χ2n) is 16.1. The number of hydrogen-bond acceptors (Lipinski definition) is 7. The quantitative estimate of drug-likeness (QED) is 0.142. The van der Waals surface area contributed by atoms with Crippen LogP contribution in [-0.2, 0) is 41.3 Å². The van der Waals surface area contributed by atoms with Crippen molar-refractivity contribution in [2.75, 3.05) is 0 Å². The Labute approximate surface area is 307 Å². The number of hydrogen-bond donors (Lipinski definition) is 0. The number of carbonyl (C=O) groups excluding carboxylic acids is 3. The SMILES string of the molecule is CC(=O)O[C@H](C1=C[C@H](O[C@@H]2C[C@H](C)CC[C@H]2C(C)C)OC1=O)c1cccc(C)c1CN(Cc1ccccc1)C(=O)O[Si](C(C)C)(C(C)C)C(C)C. The molecule has 1 aliphatic heterocycles. The molecule has 9 heteroatoms. The standard InChI is InChI=1S/C42H61NO7Si/c1-26(2)34-21-20-30(9)22-38(34)48-39-23-36(41(45)49-39)40(47-32(11)44)35-19-15-16-31(10)37(35)25-43(24-33-17-13-12-14-18-33)42(46)50-51(27(3)4,28(5)6)29(7)8/h12-19,23,26-30,34,38-40H,20-22,24-25H2,1-11H3/t30-,34+,38-,39-,40+/m1/s1. The van der Waals surface area contributed by atoms with Gasteiger partial charge in [0, 0.05) is 25.6 Å². The fraction of sp³-hybridized carbons (Fsp3) is 0.595. The summed E-state index contributed by atoms with van der Waals surface area (Å²) in [6.45, 7) is 23.4.